The molecule has 34 heavy (non-hydrogen) atoms. The van der Waals surface area contributed by atoms with Crippen molar-refractivity contribution in [2.24, 2.45) is 0 Å². The molecule has 0 bridgehead atoms. The van der Waals surface area contributed by atoms with E-state index >= 15 is 0 Å². The molecule has 2 aromatic heterocycles. The molecule has 2 aliphatic rings. The zero-order valence-corrected chi connectivity index (χ0v) is 20.6. The van der Waals surface area contributed by atoms with Crippen molar-refractivity contribution in [2.45, 2.75) is 50.6 Å². The highest BCUT2D eigenvalue weighted by Crippen LogP contribution is 2.41. The van der Waals surface area contributed by atoms with Crippen LogP contribution in [0, 0.1) is 5.82 Å². The van der Waals surface area contributed by atoms with Gasteiger partial charge >= 0.3 is 0 Å². The largest absolute Gasteiger partial charge is 0.282 e. The van der Waals surface area contributed by atoms with Gasteiger partial charge in [0.05, 0.1) is 17.9 Å². The highest BCUT2D eigenvalue weighted by Gasteiger charge is 2.35. The van der Waals surface area contributed by atoms with E-state index in [1.807, 2.05) is 10.6 Å². The van der Waals surface area contributed by atoms with E-state index in [1.54, 1.807) is 24.4 Å². The molecule has 8 nitrogen and oxygen atoms in total. The molecule has 1 aliphatic carbocycles. The number of hydrogen-bond donors (Lipinski definition) is 0. The molecule has 180 valence electrons. The van der Waals surface area contributed by atoms with Gasteiger partial charge in [-0.2, -0.15) is 17.0 Å². The van der Waals surface area contributed by atoms with Crippen LogP contribution in [0.1, 0.15) is 60.4 Å². The lowest BCUT2D eigenvalue weighted by atomic mass is 9.79. The Morgan fingerprint density at radius 2 is 1.79 bits per heavy atom. The number of fused-ring (bicyclic) bond motifs is 3. The molecule has 3 aromatic rings. The van der Waals surface area contributed by atoms with Gasteiger partial charge in [-0.15, -0.1) is 10.2 Å². The molecule has 0 N–H and O–H groups in total. The van der Waals surface area contributed by atoms with Gasteiger partial charge in [0, 0.05) is 43.7 Å². The minimum Gasteiger partial charge on any atom is -0.281 e. The van der Waals surface area contributed by atoms with Crippen molar-refractivity contribution in [3.8, 4) is 5.69 Å². The Morgan fingerprint density at radius 1 is 1.06 bits per heavy atom. The van der Waals surface area contributed by atoms with Crippen molar-refractivity contribution in [1.29, 1.82) is 0 Å². The average Bonchev–Trinajstić information content (AvgIpc) is 3.15. The van der Waals surface area contributed by atoms with E-state index < -0.39 is 10.2 Å². The molecule has 0 amide bonds. The van der Waals surface area contributed by atoms with Gasteiger partial charge in [-0.1, -0.05) is 11.6 Å². The molecule has 0 saturated heterocycles. The normalized spacial score (nSPS) is 21.2. The number of halogens is 2. The Balaban J connectivity index is 1.49. The second kappa shape index (κ2) is 8.99. The van der Waals surface area contributed by atoms with Crippen molar-refractivity contribution in [3.05, 3.63) is 70.3 Å². The predicted octanol–water partition coefficient (Wildman–Crippen LogP) is 4.02. The lowest BCUT2D eigenvalue weighted by Crippen LogP contribution is -2.39. The third kappa shape index (κ3) is 4.13. The fraction of sp³-hybridized carbons (Fsp3) is 0.435. The molecule has 3 heterocycles. The lowest BCUT2D eigenvalue weighted by molar-refractivity contribution is 0.360. The SMILES string of the molecule is CN(C)S(=O)(=O)N1Cc2cc(Cl)ccc2-n2c(nnc2[C@H]2CC[C@H](c3ncccc3F)CC2)C1. The van der Waals surface area contributed by atoms with Gasteiger partial charge in [-0.3, -0.25) is 9.55 Å². The summed E-state index contributed by atoms with van der Waals surface area (Å²) in [6.45, 7) is 0.291. The van der Waals surface area contributed by atoms with E-state index in [0.717, 1.165) is 42.8 Å². The predicted molar refractivity (Wildman–Crippen MR) is 126 cm³/mol. The first-order valence-electron chi connectivity index (χ1n) is 11.3. The first kappa shape index (κ1) is 23.3. The Labute approximate surface area is 203 Å². The minimum absolute atomic E-state index is 0.0794. The zero-order valence-electron chi connectivity index (χ0n) is 19.0. The number of benzene rings is 1. The highest BCUT2D eigenvalue weighted by atomic mass is 35.5. The van der Waals surface area contributed by atoms with Gasteiger partial charge in [-0.05, 0) is 61.6 Å². The molecule has 0 spiro atoms. The summed E-state index contributed by atoms with van der Waals surface area (Å²) in [4.78, 5) is 4.27. The van der Waals surface area contributed by atoms with E-state index in [-0.39, 0.29) is 30.7 Å². The van der Waals surface area contributed by atoms with Crippen LogP contribution in [0.4, 0.5) is 4.39 Å². The zero-order chi connectivity index (χ0) is 24.0. The van der Waals surface area contributed by atoms with E-state index in [0.29, 0.717) is 16.5 Å². The summed E-state index contributed by atoms with van der Waals surface area (Å²) in [6, 6.07) is 8.57. The molecule has 1 aromatic carbocycles. The Kier molecular flexibility index (Phi) is 6.18. The van der Waals surface area contributed by atoms with E-state index in [1.165, 1.54) is 28.8 Å². The topological polar surface area (TPSA) is 84.2 Å². The fourth-order valence-corrected chi connectivity index (χ4v) is 6.22. The Bertz CT molecular complexity index is 1320. The summed E-state index contributed by atoms with van der Waals surface area (Å²) < 4.78 is 44.8. The maximum absolute atomic E-state index is 14.2. The molecule has 5 rings (SSSR count). The van der Waals surface area contributed by atoms with Crippen molar-refractivity contribution in [2.75, 3.05) is 14.1 Å². The summed E-state index contributed by atoms with van der Waals surface area (Å²) >= 11 is 6.28. The van der Waals surface area contributed by atoms with Crippen molar-refractivity contribution >= 4 is 21.8 Å². The summed E-state index contributed by atoms with van der Waals surface area (Å²) in [5.74, 6) is 1.33. The third-order valence-electron chi connectivity index (χ3n) is 6.76. The number of pyridine rings is 1. The molecule has 0 radical (unpaired) electrons. The fourth-order valence-electron chi connectivity index (χ4n) is 4.98. The molecule has 0 atom stereocenters. The summed E-state index contributed by atoms with van der Waals surface area (Å²) in [5, 5.41) is 9.47. The standard InChI is InChI=1S/C23H26ClFN6O2S/c1-29(2)34(32,33)30-13-17-12-18(24)9-10-20(17)31-21(14-30)27-28-23(31)16-7-5-15(6-8-16)22-19(25)4-3-11-26-22/h3-4,9-12,15-16H,5-8,13-14H2,1-2H3/t15-,16-. The quantitative estimate of drug-likeness (QED) is 0.536. The monoisotopic (exact) mass is 504 g/mol. The van der Waals surface area contributed by atoms with Crippen LogP contribution in [0.15, 0.2) is 36.5 Å². The van der Waals surface area contributed by atoms with Crippen LogP contribution >= 0.6 is 11.6 Å². The van der Waals surface area contributed by atoms with Crippen LogP contribution in [-0.2, 0) is 23.3 Å². The van der Waals surface area contributed by atoms with Gasteiger partial charge < -0.3 is 0 Å². The molecular weight excluding hydrogens is 479 g/mol. The molecule has 0 unspecified atom stereocenters. The van der Waals surface area contributed by atoms with Gasteiger partial charge in [0.15, 0.2) is 5.82 Å². The van der Waals surface area contributed by atoms with Crippen molar-refractivity contribution in [3.63, 3.8) is 0 Å². The van der Waals surface area contributed by atoms with Crippen molar-refractivity contribution in [1.82, 2.24) is 28.4 Å². The first-order valence-corrected chi connectivity index (χ1v) is 13.0. The third-order valence-corrected chi connectivity index (χ3v) is 8.82. The number of rotatable bonds is 4. The first-order chi connectivity index (χ1) is 16.3. The molecule has 1 fully saturated rings. The van der Waals surface area contributed by atoms with E-state index in [2.05, 4.69) is 15.2 Å². The Morgan fingerprint density at radius 3 is 2.50 bits per heavy atom. The number of nitrogens with zero attached hydrogens (tertiary/aromatic N) is 6. The molecule has 11 heteroatoms. The highest BCUT2D eigenvalue weighted by molar-refractivity contribution is 7.86. The van der Waals surface area contributed by atoms with Gasteiger partial charge in [0.2, 0.25) is 0 Å². The maximum Gasteiger partial charge on any atom is 0.282 e. The molecule has 1 aliphatic heterocycles. The number of hydrogen-bond acceptors (Lipinski definition) is 5. The van der Waals surface area contributed by atoms with E-state index in [4.69, 9.17) is 11.6 Å². The molecular formula is C23H26ClFN6O2S. The van der Waals surface area contributed by atoms with Gasteiger partial charge in [0.25, 0.3) is 10.2 Å². The molecule has 1 saturated carbocycles. The van der Waals surface area contributed by atoms with Gasteiger partial charge in [0.1, 0.15) is 11.6 Å². The number of aromatic nitrogens is 4. The summed E-state index contributed by atoms with van der Waals surface area (Å²) in [7, 11) is -0.655. The summed E-state index contributed by atoms with van der Waals surface area (Å²) in [6.07, 6.45) is 4.88. The summed E-state index contributed by atoms with van der Waals surface area (Å²) in [5.41, 5.74) is 2.17. The van der Waals surface area contributed by atoms with Crippen LogP contribution in [0.2, 0.25) is 5.02 Å². The van der Waals surface area contributed by atoms with Crippen LogP contribution in [-0.4, -0.2) is 50.9 Å². The lowest BCUT2D eigenvalue weighted by Gasteiger charge is -2.28. The van der Waals surface area contributed by atoms with E-state index in [9.17, 15) is 12.8 Å². The van der Waals surface area contributed by atoms with Crippen molar-refractivity contribution < 1.29 is 12.8 Å². The smallest absolute Gasteiger partial charge is 0.281 e. The van der Waals surface area contributed by atoms with Crippen LogP contribution < -0.4 is 0 Å². The van der Waals surface area contributed by atoms with Crippen LogP contribution in [0.3, 0.4) is 0 Å². The minimum atomic E-state index is -3.68. The maximum atomic E-state index is 14.2. The Hall–Kier alpha value is -2.40. The second-order valence-corrected chi connectivity index (χ2v) is 11.6. The average molecular weight is 505 g/mol. The second-order valence-electron chi connectivity index (χ2n) is 9.06. The van der Waals surface area contributed by atoms with Crippen LogP contribution in [0.5, 0.6) is 0 Å². The van der Waals surface area contributed by atoms with Crippen LogP contribution in [0.25, 0.3) is 5.69 Å². The van der Waals surface area contributed by atoms with Gasteiger partial charge in [-0.25, -0.2) is 4.39 Å².